The highest BCUT2D eigenvalue weighted by atomic mass is 19.4. The number of aromatic nitrogens is 2. The molecule has 0 saturated carbocycles. The van der Waals surface area contributed by atoms with Gasteiger partial charge in [0.1, 0.15) is 5.82 Å². The highest BCUT2D eigenvalue weighted by molar-refractivity contribution is 5.93. The number of nitrogens with zero attached hydrogens (tertiary/aromatic N) is 3. The van der Waals surface area contributed by atoms with Crippen molar-refractivity contribution in [3.8, 4) is 0 Å². The highest BCUT2D eigenvalue weighted by Gasteiger charge is 2.47. The van der Waals surface area contributed by atoms with Gasteiger partial charge in [0.05, 0.1) is 6.04 Å². The van der Waals surface area contributed by atoms with E-state index in [1.807, 2.05) is 91.9 Å². The van der Waals surface area contributed by atoms with Crippen molar-refractivity contribution in [3.63, 3.8) is 0 Å². The molecule has 0 unspecified atom stereocenters. The number of nitrogens with one attached hydrogen (secondary N) is 1. The Kier molecular flexibility index (Phi) is 6.74. The zero-order valence-electron chi connectivity index (χ0n) is 20.3. The Balaban J connectivity index is 1.47. The second-order valence-electron chi connectivity index (χ2n) is 9.39. The quantitative estimate of drug-likeness (QED) is 0.318. The number of aryl methyl sites for hydroxylation is 1. The molecule has 0 aliphatic carbocycles. The minimum absolute atomic E-state index is 0.0202. The van der Waals surface area contributed by atoms with E-state index in [-0.39, 0.29) is 17.9 Å². The molecule has 37 heavy (non-hydrogen) atoms. The lowest BCUT2D eigenvalue weighted by atomic mass is 9.96. The molecule has 1 aromatic heterocycles. The summed E-state index contributed by atoms with van der Waals surface area (Å²) in [5.74, 6) is -0.244. The summed E-state index contributed by atoms with van der Waals surface area (Å²) in [5, 5.41) is 7.37. The summed E-state index contributed by atoms with van der Waals surface area (Å²) in [5.41, 5.74) is 3.60. The van der Waals surface area contributed by atoms with Crippen LogP contribution in [-0.4, -0.2) is 26.8 Å². The fraction of sp³-hybridized carbons (Fsp3) is 0.241. The molecule has 0 fully saturated rings. The van der Waals surface area contributed by atoms with Crippen LogP contribution in [0.3, 0.4) is 0 Å². The van der Waals surface area contributed by atoms with E-state index >= 15 is 0 Å². The Morgan fingerprint density at radius 1 is 0.946 bits per heavy atom. The number of carbonyl (C=O) groups is 1. The monoisotopic (exact) mass is 504 g/mol. The van der Waals surface area contributed by atoms with Crippen LogP contribution >= 0.6 is 0 Å². The third kappa shape index (κ3) is 5.53. The van der Waals surface area contributed by atoms with Gasteiger partial charge in [-0.1, -0.05) is 90.5 Å². The molecule has 8 heteroatoms. The van der Waals surface area contributed by atoms with E-state index in [0.29, 0.717) is 13.1 Å². The van der Waals surface area contributed by atoms with Gasteiger partial charge >= 0.3 is 6.18 Å². The van der Waals surface area contributed by atoms with Crippen molar-refractivity contribution in [3.05, 3.63) is 119 Å². The van der Waals surface area contributed by atoms with Crippen LogP contribution in [0.2, 0.25) is 0 Å². The number of hydrogen-bond acceptors (Lipinski definition) is 3. The molecule has 1 amide bonds. The lowest BCUT2D eigenvalue weighted by Gasteiger charge is -2.33. The first-order chi connectivity index (χ1) is 17.8. The third-order valence-corrected chi connectivity index (χ3v) is 6.61. The van der Waals surface area contributed by atoms with E-state index in [0.717, 1.165) is 26.9 Å². The van der Waals surface area contributed by atoms with Crippen molar-refractivity contribution < 1.29 is 18.0 Å². The summed E-state index contributed by atoms with van der Waals surface area (Å²) in [6.45, 7) is 2.54. The van der Waals surface area contributed by atoms with Gasteiger partial charge in [0.15, 0.2) is 11.7 Å². The van der Waals surface area contributed by atoms with E-state index in [4.69, 9.17) is 0 Å². The van der Waals surface area contributed by atoms with E-state index in [1.54, 1.807) is 4.90 Å². The topological polar surface area (TPSA) is 50.2 Å². The maximum absolute atomic E-state index is 14.1. The first-order valence-corrected chi connectivity index (χ1v) is 12.1. The molecule has 1 aliphatic heterocycles. The minimum atomic E-state index is -4.51. The van der Waals surface area contributed by atoms with E-state index in [9.17, 15) is 18.0 Å². The predicted molar refractivity (Wildman–Crippen MR) is 136 cm³/mol. The average molecular weight is 505 g/mol. The van der Waals surface area contributed by atoms with Gasteiger partial charge in [-0.25, -0.2) is 4.68 Å². The van der Waals surface area contributed by atoms with Gasteiger partial charge in [-0.2, -0.15) is 18.3 Å². The molecule has 190 valence electrons. The lowest BCUT2D eigenvalue weighted by molar-refractivity contribution is -0.173. The van der Waals surface area contributed by atoms with E-state index in [1.165, 1.54) is 6.07 Å². The fourth-order valence-corrected chi connectivity index (χ4v) is 4.66. The van der Waals surface area contributed by atoms with Crippen LogP contribution in [0.5, 0.6) is 0 Å². The van der Waals surface area contributed by atoms with Crippen molar-refractivity contribution in [1.29, 1.82) is 0 Å². The molecular weight excluding hydrogens is 477 g/mol. The van der Waals surface area contributed by atoms with E-state index < -0.39 is 24.2 Å². The van der Waals surface area contributed by atoms with Crippen molar-refractivity contribution in [2.75, 3.05) is 5.32 Å². The molecule has 0 bridgehead atoms. The number of benzene rings is 3. The predicted octanol–water partition coefficient (Wildman–Crippen LogP) is 6.69. The normalized spacial score (nSPS) is 17.1. The molecule has 1 aliphatic rings. The second kappa shape index (κ2) is 10.1. The molecule has 3 aromatic carbocycles. The minimum Gasteiger partial charge on any atom is -0.363 e. The number of fused-ring (bicyclic) bond motifs is 1. The van der Waals surface area contributed by atoms with Crippen LogP contribution in [0, 0.1) is 6.92 Å². The largest absolute Gasteiger partial charge is 0.410 e. The first-order valence-electron chi connectivity index (χ1n) is 12.1. The second-order valence-corrected chi connectivity index (χ2v) is 9.39. The van der Waals surface area contributed by atoms with Crippen molar-refractivity contribution in [2.45, 2.75) is 44.7 Å². The smallest absolute Gasteiger partial charge is 0.363 e. The maximum atomic E-state index is 14.1. The molecule has 4 aromatic rings. The van der Waals surface area contributed by atoms with Crippen molar-refractivity contribution in [1.82, 2.24) is 14.7 Å². The number of amides is 1. The van der Waals surface area contributed by atoms with Crippen LogP contribution in [0.15, 0.2) is 91.0 Å². The molecular formula is C29H27F3N4O. The molecule has 5 nitrogen and oxygen atoms in total. The van der Waals surface area contributed by atoms with Gasteiger partial charge in [0.2, 0.25) is 0 Å². The summed E-state index contributed by atoms with van der Waals surface area (Å²) < 4.78 is 43.3. The highest BCUT2D eigenvalue weighted by Crippen LogP contribution is 2.43. The van der Waals surface area contributed by atoms with E-state index in [2.05, 4.69) is 10.4 Å². The third-order valence-electron chi connectivity index (χ3n) is 6.61. The summed E-state index contributed by atoms with van der Waals surface area (Å²) in [7, 11) is 0. The summed E-state index contributed by atoms with van der Waals surface area (Å²) in [4.78, 5) is 15.3. The fourth-order valence-electron chi connectivity index (χ4n) is 4.66. The Morgan fingerprint density at radius 3 is 2.05 bits per heavy atom. The Bertz CT molecular complexity index is 1310. The number of rotatable bonds is 6. The summed E-state index contributed by atoms with van der Waals surface area (Å²) in [6, 6.07) is 25.5. The molecule has 2 heterocycles. The number of halogens is 3. The molecule has 0 spiro atoms. The number of anilines is 1. The van der Waals surface area contributed by atoms with Crippen molar-refractivity contribution in [2.24, 2.45) is 0 Å². The van der Waals surface area contributed by atoms with Crippen LogP contribution in [0.1, 0.15) is 51.2 Å². The molecule has 0 saturated heterocycles. The zero-order valence-corrected chi connectivity index (χ0v) is 20.3. The van der Waals surface area contributed by atoms with Gasteiger partial charge in [0.25, 0.3) is 5.91 Å². The lowest BCUT2D eigenvalue weighted by Crippen LogP contribution is -2.36. The summed E-state index contributed by atoms with van der Waals surface area (Å²) >= 11 is 0. The first kappa shape index (κ1) is 24.6. The molecule has 2 atom stereocenters. The summed E-state index contributed by atoms with van der Waals surface area (Å²) in [6.07, 6.45) is -4.73. The van der Waals surface area contributed by atoms with Gasteiger partial charge < -0.3 is 10.2 Å². The number of alkyl halides is 3. The maximum Gasteiger partial charge on any atom is 0.410 e. The molecule has 0 radical (unpaired) electrons. The molecule has 1 N–H and O–H groups in total. The van der Waals surface area contributed by atoms with Gasteiger partial charge in [0, 0.05) is 25.6 Å². The number of carbonyl (C=O) groups excluding carboxylic acids is 1. The molecule has 5 rings (SSSR count). The SMILES string of the molecule is Cc1ccc([C@@H]2C[C@H](C(F)(F)F)n3nc(C(=O)N(Cc4ccccc4)Cc4ccccc4)cc3N2)cc1. The zero-order chi connectivity index (χ0) is 26.0. The Morgan fingerprint density at radius 2 is 1.51 bits per heavy atom. The average Bonchev–Trinajstić information content (AvgIpc) is 3.32. The van der Waals surface area contributed by atoms with Crippen molar-refractivity contribution >= 4 is 11.7 Å². The Labute approximate surface area is 213 Å². The standard InChI is InChI=1S/C29H27F3N4O/c1-20-12-14-23(15-13-20)24-16-26(29(30,31)32)36-27(33-24)17-25(34-36)28(37)35(18-21-8-4-2-5-9-21)19-22-10-6-3-7-11-22/h2-15,17,24,26,33H,16,18-19H2,1H3/t24-,26+/m0/s1. The van der Waals surface area contributed by atoms with Crippen LogP contribution in [-0.2, 0) is 13.1 Å². The van der Waals surface area contributed by atoms with Crippen LogP contribution < -0.4 is 5.32 Å². The van der Waals surface area contributed by atoms with Gasteiger partial charge in [-0.05, 0) is 23.6 Å². The van der Waals surface area contributed by atoms with Gasteiger partial charge in [-0.3, -0.25) is 4.79 Å². The Hall–Kier alpha value is -4.07. The van der Waals surface area contributed by atoms with Gasteiger partial charge in [-0.15, -0.1) is 0 Å². The van der Waals surface area contributed by atoms with Crippen LogP contribution in [0.4, 0.5) is 19.0 Å². The number of hydrogen-bond donors (Lipinski definition) is 1. The van der Waals surface area contributed by atoms with Crippen LogP contribution in [0.25, 0.3) is 0 Å².